The normalized spacial score (nSPS) is 24.4. The van der Waals surface area contributed by atoms with Crippen molar-refractivity contribution in [1.82, 2.24) is 4.90 Å². The Labute approximate surface area is 169 Å². The maximum atomic E-state index is 13.2. The molecule has 2 aromatic carbocycles. The fourth-order valence-electron chi connectivity index (χ4n) is 3.96. The number of hydrogen-bond acceptors (Lipinski definition) is 5. The van der Waals surface area contributed by atoms with Crippen LogP contribution in [-0.4, -0.2) is 35.6 Å². The molecule has 146 valence electrons. The Balaban J connectivity index is 1.74. The van der Waals surface area contributed by atoms with E-state index in [1.165, 1.54) is 4.90 Å². The second-order valence-corrected chi connectivity index (χ2v) is 8.49. The third-order valence-corrected chi connectivity index (χ3v) is 5.97. The summed E-state index contributed by atoms with van der Waals surface area (Å²) in [7, 11) is 0. The first-order valence-corrected chi connectivity index (χ1v) is 10.7. The summed E-state index contributed by atoms with van der Waals surface area (Å²) in [6.45, 7) is 4.44. The third kappa shape index (κ3) is 3.20. The van der Waals surface area contributed by atoms with Crippen molar-refractivity contribution in [2.45, 2.75) is 30.9 Å². The van der Waals surface area contributed by atoms with Gasteiger partial charge in [0.15, 0.2) is 6.10 Å². The summed E-state index contributed by atoms with van der Waals surface area (Å²) in [6.07, 6.45) is 1.26. The number of carbonyl (C=O) groups is 2. The van der Waals surface area contributed by atoms with Crippen molar-refractivity contribution >= 4 is 29.3 Å². The Morgan fingerprint density at radius 3 is 2.29 bits per heavy atom. The second kappa shape index (κ2) is 7.60. The van der Waals surface area contributed by atoms with Gasteiger partial charge in [-0.15, -0.1) is 11.8 Å². The van der Waals surface area contributed by atoms with Crippen LogP contribution in [0.3, 0.4) is 0 Å². The number of likely N-dealkylation sites (tertiary alicyclic amines) is 1. The van der Waals surface area contributed by atoms with E-state index in [2.05, 4.69) is 0 Å². The molecule has 0 spiro atoms. The lowest BCUT2D eigenvalue weighted by Crippen LogP contribution is -2.39. The maximum Gasteiger partial charge on any atom is 0.262 e. The lowest BCUT2D eigenvalue weighted by atomic mass is 9.90. The van der Waals surface area contributed by atoms with E-state index in [0.717, 1.165) is 16.1 Å². The molecule has 0 saturated carbocycles. The summed E-state index contributed by atoms with van der Waals surface area (Å²) in [4.78, 5) is 34.8. The molecule has 2 aliphatic rings. The summed E-state index contributed by atoms with van der Waals surface area (Å²) in [6, 6.07) is 17.5. The second-order valence-electron chi connectivity index (χ2n) is 7.61. The van der Waals surface area contributed by atoms with Crippen molar-refractivity contribution in [3.63, 3.8) is 0 Å². The molecule has 0 unspecified atom stereocenters. The van der Waals surface area contributed by atoms with Crippen LogP contribution < -0.4 is 5.06 Å². The van der Waals surface area contributed by atoms with E-state index in [9.17, 15) is 9.59 Å². The Kier molecular flexibility index (Phi) is 5.17. The topological polar surface area (TPSA) is 49.9 Å². The van der Waals surface area contributed by atoms with E-state index in [0.29, 0.717) is 6.54 Å². The number of anilines is 1. The number of amides is 2. The number of carbonyl (C=O) groups excluding carboxylic acids is 2. The number of para-hydroxylation sites is 1. The van der Waals surface area contributed by atoms with E-state index in [4.69, 9.17) is 4.84 Å². The summed E-state index contributed by atoms with van der Waals surface area (Å²) < 4.78 is 0. The number of nitrogens with zero attached hydrogens (tertiary/aromatic N) is 2. The maximum absolute atomic E-state index is 13.2. The minimum absolute atomic E-state index is 0.138. The van der Waals surface area contributed by atoms with Crippen molar-refractivity contribution in [1.29, 1.82) is 0 Å². The van der Waals surface area contributed by atoms with Crippen molar-refractivity contribution in [2.75, 3.05) is 17.9 Å². The van der Waals surface area contributed by atoms with Gasteiger partial charge < -0.3 is 0 Å². The smallest absolute Gasteiger partial charge is 0.262 e. The van der Waals surface area contributed by atoms with E-state index in [-0.39, 0.29) is 23.8 Å². The van der Waals surface area contributed by atoms with Gasteiger partial charge in [-0.1, -0.05) is 44.2 Å². The van der Waals surface area contributed by atoms with Gasteiger partial charge in [-0.25, -0.2) is 5.06 Å². The molecule has 0 bridgehead atoms. The zero-order valence-electron chi connectivity index (χ0n) is 16.2. The highest BCUT2D eigenvalue weighted by atomic mass is 32.2. The summed E-state index contributed by atoms with van der Waals surface area (Å²) in [5.41, 5.74) is 1.81. The van der Waals surface area contributed by atoms with Crippen LogP contribution in [-0.2, 0) is 14.4 Å². The number of fused-ring (bicyclic) bond motifs is 1. The minimum Gasteiger partial charge on any atom is -0.280 e. The van der Waals surface area contributed by atoms with Crippen LogP contribution in [0.25, 0.3) is 0 Å². The number of rotatable bonds is 5. The molecule has 2 saturated heterocycles. The molecular formula is C22H24N2O3S. The molecule has 2 heterocycles. The quantitative estimate of drug-likeness (QED) is 0.567. The van der Waals surface area contributed by atoms with Crippen LogP contribution in [0.1, 0.15) is 25.5 Å². The van der Waals surface area contributed by atoms with Crippen molar-refractivity contribution < 1.29 is 14.4 Å². The predicted octanol–water partition coefficient (Wildman–Crippen LogP) is 3.91. The average molecular weight is 397 g/mol. The highest BCUT2D eigenvalue weighted by molar-refractivity contribution is 7.98. The number of imide groups is 1. The van der Waals surface area contributed by atoms with Gasteiger partial charge in [-0.05, 0) is 42.0 Å². The van der Waals surface area contributed by atoms with E-state index in [1.54, 1.807) is 16.8 Å². The van der Waals surface area contributed by atoms with E-state index >= 15 is 0 Å². The van der Waals surface area contributed by atoms with Gasteiger partial charge in [0, 0.05) is 11.4 Å². The Morgan fingerprint density at radius 1 is 1.00 bits per heavy atom. The first-order valence-electron chi connectivity index (χ1n) is 9.51. The number of benzene rings is 2. The first kappa shape index (κ1) is 19.0. The fraction of sp³-hybridized carbons (Fsp3) is 0.364. The predicted molar refractivity (Wildman–Crippen MR) is 110 cm³/mol. The fourth-order valence-corrected chi connectivity index (χ4v) is 4.36. The zero-order valence-corrected chi connectivity index (χ0v) is 17.1. The molecule has 2 fully saturated rings. The van der Waals surface area contributed by atoms with Crippen LogP contribution >= 0.6 is 11.8 Å². The molecule has 0 N–H and O–H groups in total. The average Bonchev–Trinajstić information content (AvgIpc) is 3.21. The van der Waals surface area contributed by atoms with Gasteiger partial charge >= 0.3 is 0 Å². The standard InChI is InChI=1S/C22H24N2O3S/c1-14(2)13-23-21(25)18-19(15-9-11-17(28-3)12-10-15)24(27-20(18)22(23)26)16-7-5-4-6-8-16/h4-12,14,18-20H,13H2,1-3H3/t18-,19-,20-/m1/s1. The molecule has 3 atom stereocenters. The first-order chi connectivity index (χ1) is 13.5. The molecular weight excluding hydrogens is 372 g/mol. The Hall–Kier alpha value is -2.31. The van der Waals surface area contributed by atoms with Gasteiger partial charge in [-0.3, -0.25) is 19.3 Å². The molecule has 2 amide bonds. The van der Waals surface area contributed by atoms with Gasteiger partial charge in [0.05, 0.1) is 11.7 Å². The van der Waals surface area contributed by atoms with Crippen molar-refractivity contribution in [3.8, 4) is 0 Å². The molecule has 6 heteroatoms. The summed E-state index contributed by atoms with van der Waals surface area (Å²) in [5.74, 6) is -0.684. The van der Waals surface area contributed by atoms with E-state index in [1.807, 2.05) is 74.7 Å². The van der Waals surface area contributed by atoms with Crippen LogP contribution in [0.5, 0.6) is 0 Å². The van der Waals surface area contributed by atoms with Crippen LogP contribution in [0, 0.1) is 11.8 Å². The molecule has 2 aromatic rings. The van der Waals surface area contributed by atoms with Crippen LogP contribution in [0.15, 0.2) is 59.5 Å². The molecule has 0 aromatic heterocycles. The lowest BCUT2D eigenvalue weighted by molar-refractivity contribution is -0.143. The van der Waals surface area contributed by atoms with Gasteiger partial charge in [0.25, 0.3) is 5.91 Å². The van der Waals surface area contributed by atoms with Crippen molar-refractivity contribution in [2.24, 2.45) is 11.8 Å². The molecule has 4 rings (SSSR count). The highest BCUT2D eigenvalue weighted by Gasteiger charge is 2.59. The zero-order chi connectivity index (χ0) is 19.8. The largest absolute Gasteiger partial charge is 0.280 e. The van der Waals surface area contributed by atoms with Crippen molar-refractivity contribution in [3.05, 3.63) is 60.2 Å². The molecule has 0 radical (unpaired) electrons. The SMILES string of the molecule is CSc1ccc([C@@H]2[C@H]3C(=O)N(CC(C)C)C(=O)[C@@H]3ON2c2ccccc2)cc1. The number of hydroxylamine groups is 1. The molecule has 28 heavy (non-hydrogen) atoms. The molecule has 0 aliphatic carbocycles. The molecule has 5 nitrogen and oxygen atoms in total. The summed E-state index contributed by atoms with van der Waals surface area (Å²) in [5, 5.41) is 1.74. The van der Waals surface area contributed by atoms with Gasteiger partial charge in [-0.2, -0.15) is 0 Å². The minimum atomic E-state index is -0.767. The highest BCUT2D eigenvalue weighted by Crippen LogP contribution is 2.46. The van der Waals surface area contributed by atoms with Crippen LogP contribution in [0.2, 0.25) is 0 Å². The monoisotopic (exact) mass is 396 g/mol. The van der Waals surface area contributed by atoms with Gasteiger partial charge in [0.1, 0.15) is 5.92 Å². The lowest BCUT2D eigenvalue weighted by Gasteiger charge is -2.29. The van der Waals surface area contributed by atoms with Crippen LogP contribution in [0.4, 0.5) is 5.69 Å². The van der Waals surface area contributed by atoms with E-state index < -0.39 is 12.0 Å². The third-order valence-electron chi connectivity index (χ3n) is 5.22. The number of thioether (sulfide) groups is 1. The van der Waals surface area contributed by atoms with Gasteiger partial charge in [0.2, 0.25) is 5.91 Å². The Morgan fingerprint density at radius 2 is 1.68 bits per heavy atom. The number of hydrogen-bond donors (Lipinski definition) is 0. The Bertz CT molecular complexity index is 869. The molecule has 2 aliphatic heterocycles. The summed E-state index contributed by atoms with van der Waals surface area (Å²) >= 11 is 1.67.